The van der Waals surface area contributed by atoms with Gasteiger partial charge in [0.2, 0.25) is 5.91 Å². The first-order valence-electron chi connectivity index (χ1n) is 6.55. The van der Waals surface area contributed by atoms with Gasteiger partial charge >= 0.3 is 5.97 Å². The zero-order chi connectivity index (χ0) is 15.2. The maximum absolute atomic E-state index is 11.9. The van der Waals surface area contributed by atoms with Crippen LogP contribution in [0.4, 0.5) is 0 Å². The van der Waals surface area contributed by atoms with Gasteiger partial charge in [0.15, 0.2) is 0 Å². The fourth-order valence-corrected chi connectivity index (χ4v) is 2.37. The Hall–Kier alpha value is -2.01. The molecule has 0 bridgehead atoms. The molecule has 0 unspecified atom stereocenters. The maximum atomic E-state index is 11.9. The molecule has 1 aliphatic rings. The summed E-state index contributed by atoms with van der Waals surface area (Å²) in [7, 11) is 1.30. The molecule has 1 aliphatic heterocycles. The molecule has 0 saturated heterocycles. The number of halogens is 1. The number of hydrogen-bond donors (Lipinski definition) is 1. The second-order valence-corrected chi connectivity index (χ2v) is 4.99. The first kappa shape index (κ1) is 15.4. The zero-order valence-electron chi connectivity index (χ0n) is 11.6. The fraction of sp³-hybridized carbons (Fsp3) is 0.333. The molecule has 0 fully saturated rings. The minimum Gasteiger partial charge on any atom is -0.493 e. The van der Waals surface area contributed by atoms with Crippen LogP contribution in [0.25, 0.3) is 0 Å². The quantitative estimate of drug-likeness (QED) is 0.664. The number of fused-ring (bicyclic) bond motifs is 1. The standard InChI is InChI=1S/C15H16ClNO4/c1-20-14(19)3-2-5-17-13(18)9-11-8-12(16)7-10-4-6-21-15(10)11/h2-3,7-8H,4-6,9H2,1H3,(H,17,18). The van der Waals surface area contributed by atoms with E-state index in [1.807, 2.05) is 6.07 Å². The molecule has 0 aromatic heterocycles. The first-order chi connectivity index (χ1) is 10.1. The van der Waals surface area contributed by atoms with Crippen molar-refractivity contribution in [2.24, 2.45) is 0 Å². The molecule has 5 nitrogen and oxygen atoms in total. The third-order valence-electron chi connectivity index (χ3n) is 3.05. The van der Waals surface area contributed by atoms with Crippen molar-refractivity contribution in [1.82, 2.24) is 5.32 Å². The van der Waals surface area contributed by atoms with E-state index in [1.54, 1.807) is 6.07 Å². The summed E-state index contributed by atoms with van der Waals surface area (Å²) in [4.78, 5) is 22.7. The van der Waals surface area contributed by atoms with E-state index in [2.05, 4.69) is 10.1 Å². The number of amides is 1. The lowest BCUT2D eigenvalue weighted by molar-refractivity contribution is -0.134. The van der Waals surface area contributed by atoms with Crippen molar-refractivity contribution in [1.29, 1.82) is 0 Å². The summed E-state index contributed by atoms with van der Waals surface area (Å²) in [6.07, 6.45) is 3.80. The van der Waals surface area contributed by atoms with Crippen molar-refractivity contribution >= 4 is 23.5 Å². The van der Waals surface area contributed by atoms with Crippen LogP contribution in [0.1, 0.15) is 11.1 Å². The molecular formula is C15H16ClNO4. The van der Waals surface area contributed by atoms with Crippen molar-refractivity contribution in [2.75, 3.05) is 20.3 Å². The van der Waals surface area contributed by atoms with E-state index in [4.69, 9.17) is 16.3 Å². The lowest BCUT2D eigenvalue weighted by atomic mass is 10.1. The zero-order valence-corrected chi connectivity index (χ0v) is 12.4. The van der Waals surface area contributed by atoms with Crippen molar-refractivity contribution in [3.8, 4) is 5.75 Å². The lowest BCUT2D eigenvalue weighted by Gasteiger charge is -2.09. The Kier molecular flexibility index (Phi) is 5.22. The highest BCUT2D eigenvalue weighted by Gasteiger charge is 2.19. The second kappa shape index (κ2) is 7.13. The van der Waals surface area contributed by atoms with E-state index in [0.29, 0.717) is 11.6 Å². The van der Waals surface area contributed by atoms with Crippen molar-refractivity contribution in [3.63, 3.8) is 0 Å². The van der Waals surface area contributed by atoms with E-state index < -0.39 is 5.97 Å². The predicted molar refractivity (Wildman–Crippen MR) is 78.5 cm³/mol. The number of hydrogen-bond acceptors (Lipinski definition) is 4. The Morgan fingerprint density at radius 3 is 3.05 bits per heavy atom. The van der Waals surface area contributed by atoms with Crippen molar-refractivity contribution in [2.45, 2.75) is 12.8 Å². The molecule has 21 heavy (non-hydrogen) atoms. The normalized spacial score (nSPS) is 12.9. The van der Waals surface area contributed by atoms with Crippen LogP contribution < -0.4 is 10.1 Å². The number of esters is 1. The number of benzene rings is 1. The summed E-state index contributed by atoms with van der Waals surface area (Å²) in [5.41, 5.74) is 1.82. The van der Waals surface area contributed by atoms with Crippen LogP contribution in [0.3, 0.4) is 0 Å². The lowest BCUT2D eigenvalue weighted by Crippen LogP contribution is -2.25. The third-order valence-corrected chi connectivity index (χ3v) is 3.27. The first-order valence-corrected chi connectivity index (χ1v) is 6.93. The highest BCUT2D eigenvalue weighted by atomic mass is 35.5. The molecule has 1 aromatic carbocycles. The number of rotatable bonds is 5. The van der Waals surface area contributed by atoms with Gasteiger partial charge in [-0.2, -0.15) is 0 Å². The number of ether oxygens (including phenoxy) is 2. The van der Waals surface area contributed by atoms with Crippen LogP contribution in [0, 0.1) is 0 Å². The summed E-state index contributed by atoms with van der Waals surface area (Å²) in [5, 5.41) is 3.29. The monoisotopic (exact) mass is 309 g/mol. The smallest absolute Gasteiger partial charge is 0.330 e. The number of carbonyl (C=O) groups is 2. The summed E-state index contributed by atoms with van der Waals surface area (Å²) in [6.45, 7) is 0.879. The van der Waals surface area contributed by atoms with Gasteiger partial charge in [0, 0.05) is 29.6 Å². The van der Waals surface area contributed by atoms with Gasteiger partial charge in [0.1, 0.15) is 5.75 Å². The van der Waals surface area contributed by atoms with E-state index in [0.717, 1.165) is 23.3 Å². The largest absolute Gasteiger partial charge is 0.493 e. The minimum absolute atomic E-state index is 0.163. The van der Waals surface area contributed by atoms with E-state index >= 15 is 0 Å². The van der Waals surface area contributed by atoms with Crippen LogP contribution in [0.15, 0.2) is 24.3 Å². The van der Waals surface area contributed by atoms with E-state index in [1.165, 1.54) is 19.3 Å². The molecule has 2 rings (SSSR count). The topological polar surface area (TPSA) is 64.6 Å². The molecule has 0 saturated carbocycles. The average Bonchev–Trinajstić information content (AvgIpc) is 2.91. The van der Waals surface area contributed by atoms with Gasteiger partial charge < -0.3 is 14.8 Å². The van der Waals surface area contributed by atoms with Gasteiger partial charge in [0.05, 0.1) is 20.1 Å². The highest BCUT2D eigenvalue weighted by Crippen LogP contribution is 2.33. The number of carbonyl (C=O) groups excluding carboxylic acids is 2. The maximum Gasteiger partial charge on any atom is 0.330 e. The molecule has 112 valence electrons. The number of methoxy groups -OCH3 is 1. The molecule has 0 aliphatic carbocycles. The Bertz CT molecular complexity index is 583. The van der Waals surface area contributed by atoms with Crippen LogP contribution >= 0.6 is 11.6 Å². The Labute approximate surface area is 127 Å². The Balaban J connectivity index is 1.92. The van der Waals surface area contributed by atoms with Gasteiger partial charge in [-0.15, -0.1) is 0 Å². The minimum atomic E-state index is -0.453. The van der Waals surface area contributed by atoms with Crippen molar-refractivity contribution in [3.05, 3.63) is 40.4 Å². The summed E-state index contributed by atoms with van der Waals surface area (Å²) >= 11 is 6.04. The fourth-order valence-electron chi connectivity index (χ4n) is 2.11. The van der Waals surface area contributed by atoms with Crippen LogP contribution in [0.5, 0.6) is 5.75 Å². The van der Waals surface area contributed by atoms with E-state index in [-0.39, 0.29) is 18.9 Å². The second-order valence-electron chi connectivity index (χ2n) is 4.56. The molecule has 1 heterocycles. The summed E-state index contributed by atoms with van der Waals surface area (Å²) in [6, 6.07) is 3.61. The third kappa shape index (κ3) is 4.23. The van der Waals surface area contributed by atoms with Gasteiger partial charge in [-0.3, -0.25) is 4.79 Å². The highest BCUT2D eigenvalue weighted by molar-refractivity contribution is 6.30. The van der Waals surface area contributed by atoms with Gasteiger partial charge in [-0.1, -0.05) is 17.7 Å². The Morgan fingerprint density at radius 1 is 1.48 bits per heavy atom. The summed E-state index contributed by atoms with van der Waals surface area (Å²) < 4.78 is 9.99. The molecule has 1 amide bonds. The van der Waals surface area contributed by atoms with Crippen LogP contribution in [-0.2, 0) is 27.2 Å². The van der Waals surface area contributed by atoms with E-state index in [9.17, 15) is 9.59 Å². The SMILES string of the molecule is COC(=O)C=CCNC(=O)Cc1cc(Cl)cc2c1OCC2. The molecule has 1 N–H and O–H groups in total. The molecule has 1 aromatic rings. The molecular weight excluding hydrogens is 294 g/mol. The van der Waals surface area contributed by atoms with Crippen LogP contribution in [0.2, 0.25) is 5.02 Å². The van der Waals surface area contributed by atoms with Crippen molar-refractivity contribution < 1.29 is 19.1 Å². The predicted octanol–water partition coefficient (Wildman–Crippen LogP) is 1.66. The van der Waals surface area contributed by atoms with Gasteiger partial charge in [0.25, 0.3) is 0 Å². The summed E-state index contributed by atoms with van der Waals surface area (Å²) in [5.74, 6) is 0.148. The Morgan fingerprint density at radius 2 is 2.29 bits per heavy atom. The molecule has 6 heteroatoms. The van der Waals surface area contributed by atoms with Gasteiger partial charge in [-0.25, -0.2) is 4.79 Å². The number of nitrogens with one attached hydrogen (secondary N) is 1. The van der Waals surface area contributed by atoms with Gasteiger partial charge in [-0.05, 0) is 17.7 Å². The molecule has 0 atom stereocenters. The molecule has 0 radical (unpaired) electrons. The molecule has 0 spiro atoms. The van der Waals surface area contributed by atoms with Crippen LogP contribution in [-0.4, -0.2) is 32.1 Å². The average molecular weight is 310 g/mol.